The number of rotatable bonds is 5. The second-order valence-electron chi connectivity index (χ2n) is 7.23. The van der Waals surface area contributed by atoms with Crippen molar-refractivity contribution >= 4 is 5.91 Å². The summed E-state index contributed by atoms with van der Waals surface area (Å²) in [6.07, 6.45) is 2.89. The van der Waals surface area contributed by atoms with Gasteiger partial charge >= 0.3 is 0 Å². The van der Waals surface area contributed by atoms with Crippen molar-refractivity contribution in [2.24, 2.45) is 0 Å². The van der Waals surface area contributed by atoms with Gasteiger partial charge < -0.3 is 9.88 Å². The van der Waals surface area contributed by atoms with Crippen LogP contribution >= 0.6 is 0 Å². The van der Waals surface area contributed by atoms with Crippen LogP contribution in [-0.4, -0.2) is 28.5 Å². The number of nitrogens with one attached hydrogen (secondary N) is 3. The first-order valence-electron chi connectivity index (χ1n) is 9.58. The SMILES string of the molecule is CNC(=O)c1cccc(Cn2cnc(-c3ccccc3)c2C2CC(C)NN2)c1. The monoisotopic (exact) mass is 375 g/mol. The lowest BCUT2D eigenvalue weighted by Crippen LogP contribution is -2.29. The maximum atomic E-state index is 12.0. The molecule has 0 aliphatic carbocycles. The van der Waals surface area contributed by atoms with Crippen molar-refractivity contribution in [1.82, 2.24) is 25.7 Å². The van der Waals surface area contributed by atoms with Gasteiger partial charge in [-0.05, 0) is 31.0 Å². The third-order valence-electron chi connectivity index (χ3n) is 5.12. The van der Waals surface area contributed by atoms with E-state index >= 15 is 0 Å². The van der Waals surface area contributed by atoms with Gasteiger partial charge in [0, 0.05) is 30.8 Å². The van der Waals surface area contributed by atoms with E-state index in [1.807, 2.05) is 48.8 Å². The minimum Gasteiger partial charge on any atom is -0.355 e. The van der Waals surface area contributed by atoms with E-state index in [9.17, 15) is 4.79 Å². The van der Waals surface area contributed by atoms with Crippen LogP contribution in [0.5, 0.6) is 0 Å². The number of hydrogen-bond acceptors (Lipinski definition) is 4. The topological polar surface area (TPSA) is 71.0 Å². The molecule has 28 heavy (non-hydrogen) atoms. The Morgan fingerprint density at radius 2 is 2.00 bits per heavy atom. The molecule has 1 aromatic heterocycles. The molecule has 2 heterocycles. The molecule has 0 radical (unpaired) electrons. The van der Waals surface area contributed by atoms with Crippen LogP contribution in [-0.2, 0) is 6.54 Å². The van der Waals surface area contributed by atoms with E-state index in [1.54, 1.807) is 7.05 Å². The van der Waals surface area contributed by atoms with Crippen molar-refractivity contribution in [3.05, 3.63) is 77.7 Å². The number of imidazole rings is 1. The summed E-state index contributed by atoms with van der Waals surface area (Å²) in [5.41, 5.74) is 11.7. The third-order valence-corrected chi connectivity index (χ3v) is 5.12. The molecule has 1 amide bonds. The van der Waals surface area contributed by atoms with Gasteiger partial charge in [0.1, 0.15) is 0 Å². The van der Waals surface area contributed by atoms with E-state index in [0.29, 0.717) is 18.2 Å². The normalized spacial score (nSPS) is 18.9. The van der Waals surface area contributed by atoms with Gasteiger partial charge in [-0.25, -0.2) is 10.4 Å². The summed E-state index contributed by atoms with van der Waals surface area (Å²) in [4.78, 5) is 16.7. The molecule has 4 rings (SSSR count). The van der Waals surface area contributed by atoms with E-state index in [2.05, 4.69) is 39.8 Å². The van der Waals surface area contributed by atoms with E-state index in [-0.39, 0.29) is 11.9 Å². The Balaban J connectivity index is 1.71. The molecule has 144 valence electrons. The van der Waals surface area contributed by atoms with Gasteiger partial charge in [0.2, 0.25) is 0 Å². The second-order valence-corrected chi connectivity index (χ2v) is 7.23. The third kappa shape index (κ3) is 3.69. The van der Waals surface area contributed by atoms with Crippen molar-refractivity contribution in [1.29, 1.82) is 0 Å². The molecule has 1 saturated heterocycles. The van der Waals surface area contributed by atoms with E-state index < -0.39 is 0 Å². The molecule has 2 atom stereocenters. The summed E-state index contributed by atoms with van der Waals surface area (Å²) in [5.74, 6) is -0.0758. The van der Waals surface area contributed by atoms with Crippen LogP contribution in [0.2, 0.25) is 0 Å². The molecule has 0 saturated carbocycles. The summed E-state index contributed by atoms with van der Waals surface area (Å²) in [5, 5.41) is 2.68. The zero-order valence-electron chi connectivity index (χ0n) is 16.1. The summed E-state index contributed by atoms with van der Waals surface area (Å²) >= 11 is 0. The zero-order chi connectivity index (χ0) is 19.5. The molecule has 1 aliphatic heterocycles. The van der Waals surface area contributed by atoms with Crippen molar-refractivity contribution in [3.8, 4) is 11.3 Å². The summed E-state index contributed by atoms with van der Waals surface area (Å²) in [7, 11) is 1.65. The Morgan fingerprint density at radius 3 is 2.71 bits per heavy atom. The van der Waals surface area contributed by atoms with Crippen LogP contribution in [0.1, 0.15) is 41.0 Å². The molecule has 1 aliphatic rings. The number of hydrogen-bond donors (Lipinski definition) is 3. The fraction of sp³-hybridized carbons (Fsp3) is 0.273. The first kappa shape index (κ1) is 18.4. The highest BCUT2D eigenvalue weighted by molar-refractivity contribution is 5.94. The predicted molar refractivity (Wildman–Crippen MR) is 110 cm³/mol. The van der Waals surface area contributed by atoms with E-state index in [0.717, 1.165) is 28.9 Å². The van der Waals surface area contributed by atoms with Gasteiger partial charge in [-0.3, -0.25) is 10.2 Å². The van der Waals surface area contributed by atoms with Gasteiger partial charge in [-0.15, -0.1) is 0 Å². The minimum absolute atomic E-state index is 0.0758. The Labute approximate surface area is 165 Å². The maximum absolute atomic E-state index is 12.0. The Morgan fingerprint density at radius 1 is 1.18 bits per heavy atom. The number of aromatic nitrogens is 2. The summed E-state index contributed by atoms with van der Waals surface area (Å²) < 4.78 is 2.18. The zero-order valence-corrected chi connectivity index (χ0v) is 16.1. The number of hydrazine groups is 1. The van der Waals surface area contributed by atoms with Gasteiger partial charge in [-0.2, -0.15) is 0 Å². The predicted octanol–water partition coefficient (Wildman–Crippen LogP) is 2.89. The minimum atomic E-state index is -0.0758. The number of carbonyl (C=O) groups is 1. The van der Waals surface area contributed by atoms with Gasteiger partial charge in [0.05, 0.1) is 23.8 Å². The Kier molecular flexibility index (Phi) is 5.23. The molecule has 2 aromatic carbocycles. The quantitative estimate of drug-likeness (QED) is 0.641. The number of amides is 1. The molecular formula is C22H25N5O. The van der Waals surface area contributed by atoms with Gasteiger partial charge in [0.25, 0.3) is 5.91 Å². The highest BCUT2D eigenvalue weighted by atomic mass is 16.1. The Hall–Kier alpha value is -2.96. The van der Waals surface area contributed by atoms with E-state index in [4.69, 9.17) is 4.98 Å². The molecule has 1 fully saturated rings. The van der Waals surface area contributed by atoms with Crippen LogP contribution in [0.4, 0.5) is 0 Å². The van der Waals surface area contributed by atoms with Crippen LogP contribution in [0, 0.1) is 0 Å². The maximum Gasteiger partial charge on any atom is 0.251 e. The molecule has 3 N–H and O–H groups in total. The van der Waals surface area contributed by atoms with Gasteiger partial charge in [-0.1, -0.05) is 42.5 Å². The van der Waals surface area contributed by atoms with Crippen molar-refractivity contribution in [2.45, 2.75) is 32.0 Å². The van der Waals surface area contributed by atoms with Crippen molar-refractivity contribution in [2.75, 3.05) is 7.05 Å². The summed E-state index contributed by atoms with van der Waals surface area (Å²) in [6.45, 7) is 2.83. The smallest absolute Gasteiger partial charge is 0.251 e. The van der Waals surface area contributed by atoms with Crippen LogP contribution in [0.3, 0.4) is 0 Å². The fourth-order valence-corrected chi connectivity index (χ4v) is 3.75. The Bertz CT molecular complexity index is 966. The molecule has 6 nitrogen and oxygen atoms in total. The standard InChI is InChI=1S/C22H25N5O/c1-15-11-19(26-25-15)21-20(17-8-4-3-5-9-17)24-14-27(21)13-16-7-6-10-18(12-16)22(28)23-2/h3-10,12,14-15,19,25-26H,11,13H2,1-2H3,(H,23,28). The second kappa shape index (κ2) is 7.96. The largest absolute Gasteiger partial charge is 0.355 e. The molecule has 0 bridgehead atoms. The lowest BCUT2D eigenvalue weighted by molar-refractivity contribution is 0.0963. The van der Waals surface area contributed by atoms with E-state index in [1.165, 1.54) is 0 Å². The molecular weight excluding hydrogens is 350 g/mol. The molecule has 0 spiro atoms. The molecule has 3 aromatic rings. The van der Waals surface area contributed by atoms with Crippen LogP contribution in [0.25, 0.3) is 11.3 Å². The van der Waals surface area contributed by atoms with Crippen molar-refractivity contribution in [3.63, 3.8) is 0 Å². The van der Waals surface area contributed by atoms with Crippen LogP contribution in [0.15, 0.2) is 60.9 Å². The summed E-state index contributed by atoms with van der Waals surface area (Å²) in [6, 6.07) is 18.6. The molecule has 6 heteroatoms. The van der Waals surface area contributed by atoms with Crippen LogP contribution < -0.4 is 16.2 Å². The molecule has 2 unspecified atom stereocenters. The van der Waals surface area contributed by atoms with Crippen molar-refractivity contribution < 1.29 is 4.79 Å². The first-order chi connectivity index (χ1) is 13.7. The number of carbonyl (C=O) groups excluding carboxylic acids is 1. The number of nitrogens with zero attached hydrogens (tertiary/aromatic N) is 2. The fourth-order valence-electron chi connectivity index (χ4n) is 3.75. The average Bonchev–Trinajstić information content (AvgIpc) is 3.34. The highest BCUT2D eigenvalue weighted by Gasteiger charge is 2.28. The average molecular weight is 375 g/mol. The van der Waals surface area contributed by atoms with Gasteiger partial charge in [0.15, 0.2) is 0 Å². The number of benzene rings is 2. The highest BCUT2D eigenvalue weighted by Crippen LogP contribution is 2.31. The lowest BCUT2D eigenvalue weighted by atomic mass is 10.0. The lowest BCUT2D eigenvalue weighted by Gasteiger charge is -2.16. The first-order valence-corrected chi connectivity index (χ1v) is 9.58.